The first-order valence-corrected chi connectivity index (χ1v) is 13.3. The van der Waals surface area contributed by atoms with E-state index < -0.39 is 0 Å². The second-order valence-corrected chi connectivity index (χ2v) is 9.84. The van der Waals surface area contributed by atoms with Gasteiger partial charge in [-0.05, 0) is 58.5 Å². The number of nitrogens with zero attached hydrogens (tertiary/aromatic N) is 6. The van der Waals surface area contributed by atoms with Gasteiger partial charge in [-0.2, -0.15) is 4.68 Å². The number of rotatable bonds is 8. The van der Waals surface area contributed by atoms with Crippen molar-refractivity contribution < 1.29 is 0 Å². The van der Waals surface area contributed by atoms with E-state index in [0.717, 1.165) is 50.7 Å². The fourth-order valence-electron chi connectivity index (χ4n) is 5.23. The van der Waals surface area contributed by atoms with E-state index in [9.17, 15) is 0 Å². The molecule has 37 heavy (non-hydrogen) atoms. The van der Waals surface area contributed by atoms with Crippen molar-refractivity contribution in [1.82, 2.24) is 30.0 Å². The van der Waals surface area contributed by atoms with Crippen LogP contribution in [0.5, 0.6) is 0 Å². The van der Waals surface area contributed by atoms with E-state index in [2.05, 4.69) is 131 Å². The highest BCUT2D eigenvalue weighted by atomic mass is 15.6. The summed E-state index contributed by atoms with van der Waals surface area (Å²) in [5.41, 5.74) is 7.23. The van der Waals surface area contributed by atoms with Crippen molar-refractivity contribution in [1.29, 1.82) is 0 Å². The molecule has 6 heteroatoms. The molecule has 1 aromatic heterocycles. The van der Waals surface area contributed by atoms with Gasteiger partial charge in [-0.25, -0.2) is 0 Å². The highest BCUT2D eigenvalue weighted by Crippen LogP contribution is 2.31. The van der Waals surface area contributed by atoms with Crippen LogP contribution in [-0.4, -0.2) is 62.7 Å². The van der Waals surface area contributed by atoms with Crippen LogP contribution in [0.15, 0.2) is 78.9 Å². The third kappa shape index (κ3) is 5.71. The molecular formula is C31H36N6. The molecule has 1 fully saturated rings. The second-order valence-electron chi connectivity index (χ2n) is 9.84. The number of benzene rings is 3. The smallest absolute Gasteiger partial charge is 0.178 e. The molecule has 0 unspecified atom stereocenters. The molecule has 3 aromatic carbocycles. The molecule has 0 saturated carbocycles. The summed E-state index contributed by atoms with van der Waals surface area (Å²) in [6.07, 6.45) is 5.51. The van der Waals surface area contributed by atoms with E-state index in [0.29, 0.717) is 0 Å². The summed E-state index contributed by atoms with van der Waals surface area (Å²) >= 11 is 0. The zero-order valence-corrected chi connectivity index (χ0v) is 22.1. The topological polar surface area (TPSA) is 50.1 Å². The fourth-order valence-corrected chi connectivity index (χ4v) is 5.23. The van der Waals surface area contributed by atoms with Crippen LogP contribution in [0, 0.1) is 13.8 Å². The van der Waals surface area contributed by atoms with Gasteiger partial charge >= 0.3 is 0 Å². The molecule has 4 aromatic rings. The normalized spacial score (nSPS) is 15.9. The van der Waals surface area contributed by atoms with Crippen LogP contribution in [0.3, 0.4) is 0 Å². The predicted octanol–water partition coefficient (Wildman–Crippen LogP) is 5.26. The van der Waals surface area contributed by atoms with Gasteiger partial charge < -0.3 is 0 Å². The van der Waals surface area contributed by atoms with Gasteiger partial charge in [0.15, 0.2) is 5.82 Å². The van der Waals surface area contributed by atoms with Gasteiger partial charge in [0.05, 0.1) is 11.7 Å². The summed E-state index contributed by atoms with van der Waals surface area (Å²) in [6.45, 7) is 11.3. The summed E-state index contributed by atoms with van der Waals surface area (Å²) in [6, 6.07) is 25.8. The number of aromatic nitrogens is 4. The van der Waals surface area contributed by atoms with Crippen molar-refractivity contribution in [2.24, 2.45) is 0 Å². The quantitative estimate of drug-likeness (QED) is 0.336. The average Bonchev–Trinajstić information content (AvgIpc) is 3.39. The van der Waals surface area contributed by atoms with E-state index >= 15 is 0 Å². The average molecular weight is 493 g/mol. The standard InChI is InChI=1S/C31H36N6/c1-4-26-15-17-28(18-16-26)30(31-32-33-34-37(31)29-24(2)10-8-11-25(29)3)36-22-20-35(21-23-36)19-9-14-27-12-6-5-7-13-27/h5-18,30H,4,19-23H2,1-3H3/t30-/m0/s1. The van der Waals surface area contributed by atoms with Crippen molar-refractivity contribution in [3.63, 3.8) is 0 Å². The van der Waals surface area contributed by atoms with E-state index in [1.807, 2.05) is 4.68 Å². The summed E-state index contributed by atoms with van der Waals surface area (Å²) in [5, 5.41) is 13.2. The zero-order chi connectivity index (χ0) is 25.6. The van der Waals surface area contributed by atoms with Gasteiger partial charge in [0.25, 0.3) is 0 Å². The molecule has 0 amide bonds. The minimum Gasteiger partial charge on any atom is -0.297 e. The van der Waals surface area contributed by atoms with Crippen LogP contribution in [-0.2, 0) is 6.42 Å². The monoisotopic (exact) mass is 492 g/mol. The highest BCUT2D eigenvalue weighted by Gasteiger charge is 2.31. The number of tetrazole rings is 1. The van der Waals surface area contributed by atoms with Crippen molar-refractivity contribution in [2.75, 3.05) is 32.7 Å². The third-order valence-electron chi connectivity index (χ3n) is 7.34. The van der Waals surface area contributed by atoms with Gasteiger partial charge in [0.2, 0.25) is 0 Å². The van der Waals surface area contributed by atoms with Gasteiger partial charge in [0.1, 0.15) is 0 Å². The van der Waals surface area contributed by atoms with Crippen LogP contribution >= 0.6 is 0 Å². The molecule has 0 radical (unpaired) electrons. The Morgan fingerprint density at radius 1 is 0.838 bits per heavy atom. The van der Waals surface area contributed by atoms with Gasteiger partial charge in [-0.15, -0.1) is 5.10 Å². The van der Waals surface area contributed by atoms with Crippen molar-refractivity contribution in [3.8, 4) is 5.69 Å². The van der Waals surface area contributed by atoms with Crippen LogP contribution in [0.1, 0.15) is 46.6 Å². The van der Waals surface area contributed by atoms with Crippen LogP contribution in [0.25, 0.3) is 11.8 Å². The summed E-state index contributed by atoms with van der Waals surface area (Å²) in [4.78, 5) is 5.05. The first kappa shape index (κ1) is 25.1. The molecule has 0 aliphatic carbocycles. The lowest BCUT2D eigenvalue weighted by Gasteiger charge is -2.38. The predicted molar refractivity (Wildman–Crippen MR) is 150 cm³/mol. The second kappa shape index (κ2) is 11.6. The van der Waals surface area contributed by atoms with Crippen LogP contribution < -0.4 is 0 Å². The largest absolute Gasteiger partial charge is 0.297 e. The molecule has 190 valence electrons. The lowest BCUT2D eigenvalue weighted by Crippen LogP contribution is -2.48. The Bertz CT molecular complexity index is 1300. The van der Waals surface area contributed by atoms with Crippen molar-refractivity contribution in [2.45, 2.75) is 33.2 Å². The molecule has 1 atom stereocenters. The summed E-state index contributed by atoms with van der Waals surface area (Å²) in [5.74, 6) is 0.874. The van der Waals surface area contributed by atoms with Crippen molar-refractivity contribution >= 4 is 6.08 Å². The fraction of sp³-hybridized carbons (Fsp3) is 0.323. The van der Waals surface area contributed by atoms with Crippen LogP contribution in [0.4, 0.5) is 0 Å². The number of para-hydroxylation sites is 1. The number of hydrogen-bond acceptors (Lipinski definition) is 5. The Hall–Kier alpha value is -3.61. The Labute approximate surface area is 220 Å². The highest BCUT2D eigenvalue weighted by molar-refractivity contribution is 5.49. The number of aryl methyl sites for hydroxylation is 3. The molecule has 0 spiro atoms. The Morgan fingerprint density at radius 2 is 1.54 bits per heavy atom. The van der Waals surface area contributed by atoms with Crippen LogP contribution in [0.2, 0.25) is 0 Å². The lowest BCUT2D eigenvalue weighted by molar-refractivity contribution is 0.113. The van der Waals surface area contributed by atoms with Crippen molar-refractivity contribution in [3.05, 3.63) is 113 Å². The Balaban J connectivity index is 1.39. The maximum Gasteiger partial charge on any atom is 0.178 e. The summed E-state index contributed by atoms with van der Waals surface area (Å²) in [7, 11) is 0. The summed E-state index contributed by atoms with van der Waals surface area (Å²) < 4.78 is 1.96. The van der Waals surface area contributed by atoms with E-state index in [-0.39, 0.29) is 6.04 Å². The van der Waals surface area contributed by atoms with E-state index in [1.54, 1.807) is 0 Å². The van der Waals surface area contributed by atoms with Gasteiger partial charge in [0, 0.05) is 32.7 Å². The lowest BCUT2D eigenvalue weighted by atomic mass is 10.0. The van der Waals surface area contributed by atoms with E-state index in [1.165, 1.54) is 27.8 Å². The van der Waals surface area contributed by atoms with Gasteiger partial charge in [-0.1, -0.05) is 91.9 Å². The molecule has 1 saturated heterocycles. The maximum absolute atomic E-state index is 4.61. The number of piperazine rings is 1. The molecule has 0 N–H and O–H groups in total. The minimum atomic E-state index is -0.0121. The minimum absolute atomic E-state index is 0.0121. The Morgan fingerprint density at radius 3 is 2.22 bits per heavy atom. The first-order chi connectivity index (χ1) is 18.1. The zero-order valence-electron chi connectivity index (χ0n) is 22.1. The molecule has 5 rings (SSSR count). The third-order valence-corrected chi connectivity index (χ3v) is 7.34. The molecule has 2 heterocycles. The maximum atomic E-state index is 4.61. The van der Waals surface area contributed by atoms with E-state index in [4.69, 9.17) is 0 Å². The van der Waals surface area contributed by atoms with Gasteiger partial charge in [-0.3, -0.25) is 9.80 Å². The number of hydrogen-bond donors (Lipinski definition) is 0. The molecular weight excluding hydrogens is 456 g/mol. The first-order valence-electron chi connectivity index (χ1n) is 13.3. The molecule has 0 bridgehead atoms. The SMILES string of the molecule is CCc1ccc([C@@H](c2nnnn2-c2c(C)cccc2C)N2CCN(CC=Cc3ccccc3)CC2)cc1. The Kier molecular flexibility index (Phi) is 7.87. The molecule has 1 aliphatic rings. The molecule has 6 nitrogen and oxygen atoms in total. The molecule has 1 aliphatic heterocycles.